The molecule has 0 fully saturated rings. The lowest BCUT2D eigenvalue weighted by atomic mass is 10.4. The van der Waals surface area contributed by atoms with E-state index in [1.807, 2.05) is 12.2 Å². The lowest BCUT2D eigenvalue weighted by Crippen LogP contribution is -2.27. The molecule has 7 heteroatoms. The van der Waals surface area contributed by atoms with Crippen molar-refractivity contribution in [2.45, 2.75) is 13.3 Å². The van der Waals surface area contributed by atoms with Gasteiger partial charge in [0.15, 0.2) is 0 Å². The molecule has 0 bridgehead atoms. The first kappa shape index (κ1) is 12.6. The van der Waals surface area contributed by atoms with E-state index in [2.05, 4.69) is 0 Å². The molecule has 13 heavy (non-hydrogen) atoms. The van der Waals surface area contributed by atoms with E-state index < -0.39 is 13.2 Å². The van der Waals surface area contributed by atoms with Gasteiger partial charge in [0.05, 0.1) is 0 Å². The molecule has 6 nitrogen and oxygen atoms in total. The Hall–Kier alpha value is -0.420. The Balaban J connectivity index is 3.44. The maximum absolute atomic E-state index is 10.5. The minimum Gasteiger partial charge on any atom is -0.772 e. The minimum atomic E-state index is -4.85. The fourth-order valence-electron chi connectivity index (χ4n) is 0.614. The third kappa shape index (κ3) is 6.72. The molecule has 0 aromatic heterocycles. The van der Waals surface area contributed by atoms with E-state index in [0.717, 1.165) is 0 Å². The Labute approximate surface area is 76.4 Å². The molecule has 0 heterocycles. The predicted octanol–water partition coefficient (Wildman–Crippen LogP) is -0.332. The second kappa shape index (κ2) is 6.10. The average Bonchev–Trinajstić information content (AvgIpc) is 2.02. The van der Waals surface area contributed by atoms with E-state index in [1.165, 1.54) is 0 Å². The number of carbonyl (C=O) groups excluding carboxylic acids is 1. The molecule has 0 aromatic rings. The molecule has 0 saturated carbocycles. The monoisotopic (exact) mass is 210 g/mol. The van der Waals surface area contributed by atoms with Gasteiger partial charge >= 0.3 is 0 Å². The number of ether oxygens (including phenoxy) is 1. The van der Waals surface area contributed by atoms with Gasteiger partial charge in [0.1, 0.15) is 0 Å². The number of amides is 1. The van der Waals surface area contributed by atoms with Crippen molar-refractivity contribution < 1.29 is 23.9 Å². The third-order valence-corrected chi connectivity index (χ3v) is 1.87. The summed E-state index contributed by atoms with van der Waals surface area (Å²) in [6.45, 7) is 3.03. The molecule has 0 saturated heterocycles. The van der Waals surface area contributed by atoms with Crippen molar-refractivity contribution in [3.05, 3.63) is 0 Å². The van der Waals surface area contributed by atoms with E-state index in [9.17, 15) is 14.3 Å². The molecule has 0 aromatic carbocycles. The molecule has 0 rings (SSSR count). The van der Waals surface area contributed by atoms with Crippen LogP contribution >= 0.6 is 7.60 Å². The molecule has 2 N–H and O–H groups in total. The van der Waals surface area contributed by atoms with E-state index in [1.54, 1.807) is 0 Å². The molecule has 0 aliphatic heterocycles. The topological polar surface area (TPSA) is 98.7 Å². The van der Waals surface area contributed by atoms with Crippen molar-refractivity contribution in [3.8, 4) is 0 Å². The summed E-state index contributed by atoms with van der Waals surface area (Å²) in [5.74, 6) is 0. The number of hydrogen-bond donors (Lipinski definition) is 2. The molecule has 1 atom stereocenters. The summed E-state index contributed by atoms with van der Waals surface area (Å²) >= 11 is 0. The zero-order valence-corrected chi connectivity index (χ0v) is 8.25. The quantitative estimate of drug-likeness (QED) is 0.462. The van der Waals surface area contributed by atoms with Crippen molar-refractivity contribution >= 4 is 13.2 Å². The molecule has 0 aliphatic carbocycles. The lowest BCUT2D eigenvalue weighted by Gasteiger charge is -2.14. The van der Waals surface area contributed by atoms with Gasteiger partial charge < -0.3 is 19.8 Å². The van der Waals surface area contributed by atoms with Crippen LogP contribution in [0.4, 0.5) is 4.79 Å². The van der Waals surface area contributed by atoms with Crippen molar-refractivity contribution in [1.82, 2.24) is 5.32 Å². The highest BCUT2D eigenvalue weighted by Crippen LogP contribution is 2.28. The Bertz CT molecular complexity index is 201. The molecule has 0 aliphatic rings. The van der Waals surface area contributed by atoms with Gasteiger partial charge in [-0.15, -0.1) is 0 Å². The van der Waals surface area contributed by atoms with Gasteiger partial charge in [0, 0.05) is 19.8 Å². The van der Waals surface area contributed by atoms with Crippen LogP contribution in [0.5, 0.6) is 0 Å². The normalized spacial score (nSPS) is 15.0. The van der Waals surface area contributed by atoms with Gasteiger partial charge in [0.2, 0.25) is 7.60 Å². The minimum absolute atomic E-state index is 0.172. The average molecular weight is 210 g/mol. The van der Waals surface area contributed by atoms with E-state index in [-0.39, 0.29) is 6.54 Å². The highest BCUT2D eigenvalue weighted by atomic mass is 31.2. The number of rotatable bonds is 6. The molecule has 0 radical (unpaired) electrons. The Morgan fingerprint density at radius 2 is 2.31 bits per heavy atom. The van der Waals surface area contributed by atoms with Crippen LogP contribution in [0.2, 0.25) is 0 Å². The standard InChI is InChI=1S/C6H14NO5P/c1-2-12-5-3-4-7-6(8)13(9,10)11/h2-5H2,1H3,(H,7,8)(H2,9,10,11)/p-1. The second-order valence-corrected chi connectivity index (χ2v) is 3.75. The maximum Gasteiger partial charge on any atom is 0.291 e. The van der Waals surface area contributed by atoms with Crippen molar-refractivity contribution in [1.29, 1.82) is 0 Å². The summed E-state index contributed by atoms with van der Waals surface area (Å²) in [6.07, 6.45) is 0.513. The highest BCUT2D eigenvalue weighted by molar-refractivity contribution is 7.68. The zero-order valence-electron chi connectivity index (χ0n) is 7.36. The van der Waals surface area contributed by atoms with E-state index >= 15 is 0 Å². The zero-order chi connectivity index (χ0) is 10.3. The molecule has 0 spiro atoms. The molecule has 1 unspecified atom stereocenters. The summed E-state index contributed by atoms with van der Waals surface area (Å²) in [5, 5.41) is 2.04. The summed E-state index contributed by atoms with van der Waals surface area (Å²) in [4.78, 5) is 29.0. The van der Waals surface area contributed by atoms with E-state index in [4.69, 9.17) is 9.63 Å². The van der Waals surface area contributed by atoms with Crippen LogP contribution in [0.1, 0.15) is 13.3 Å². The predicted molar refractivity (Wildman–Crippen MR) is 44.3 cm³/mol. The maximum atomic E-state index is 10.5. The largest absolute Gasteiger partial charge is 0.772 e. The van der Waals surface area contributed by atoms with Gasteiger partial charge in [-0.2, -0.15) is 0 Å². The first-order valence-electron chi connectivity index (χ1n) is 3.88. The van der Waals surface area contributed by atoms with Crippen molar-refractivity contribution in [2.24, 2.45) is 0 Å². The van der Waals surface area contributed by atoms with Crippen molar-refractivity contribution in [3.63, 3.8) is 0 Å². The summed E-state index contributed by atoms with van der Waals surface area (Å²) < 4.78 is 15.1. The van der Waals surface area contributed by atoms with Gasteiger partial charge in [-0.1, -0.05) is 0 Å². The first-order chi connectivity index (χ1) is 5.98. The molecule has 1 amide bonds. The third-order valence-electron chi connectivity index (χ3n) is 1.20. The highest BCUT2D eigenvalue weighted by Gasteiger charge is 2.13. The summed E-state index contributed by atoms with van der Waals surface area (Å²) in [7, 11) is -4.85. The second-order valence-electron chi connectivity index (χ2n) is 2.30. The smallest absolute Gasteiger partial charge is 0.291 e. The number of nitrogens with one attached hydrogen (secondary N) is 1. The van der Waals surface area contributed by atoms with Gasteiger partial charge in [-0.3, -0.25) is 9.36 Å². The molecular formula is C6H13NO5P-. The van der Waals surface area contributed by atoms with Crippen LogP contribution in [-0.4, -0.2) is 30.3 Å². The van der Waals surface area contributed by atoms with Crippen LogP contribution in [-0.2, 0) is 9.30 Å². The van der Waals surface area contributed by atoms with Crippen LogP contribution < -0.4 is 10.2 Å². The fraction of sp³-hybridized carbons (Fsp3) is 0.833. The SMILES string of the molecule is CCOCCCNC(=O)P(=O)([O-])O. The first-order valence-corrected chi connectivity index (χ1v) is 5.46. The van der Waals surface area contributed by atoms with Gasteiger partial charge in [0.25, 0.3) is 5.65 Å². The molecule has 78 valence electrons. The van der Waals surface area contributed by atoms with Crippen LogP contribution in [0.25, 0.3) is 0 Å². The Morgan fingerprint density at radius 1 is 1.69 bits per heavy atom. The van der Waals surface area contributed by atoms with Gasteiger partial charge in [-0.05, 0) is 13.3 Å². The van der Waals surface area contributed by atoms with Crippen molar-refractivity contribution in [2.75, 3.05) is 19.8 Å². The van der Waals surface area contributed by atoms with Crippen LogP contribution in [0.15, 0.2) is 0 Å². The van der Waals surface area contributed by atoms with E-state index in [0.29, 0.717) is 19.6 Å². The summed E-state index contributed by atoms with van der Waals surface area (Å²) in [6, 6.07) is 0. The number of carbonyl (C=O) groups is 1. The summed E-state index contributed by atoms with van der Waals surface area (Å²) in [5.41, 5.74) is -1.34. The van der Waals surface area contributed by atoms with Crippen LogP contribution in [0.3, 0.4) is 0 Å². The fourth-order valence-corrected chi connectivity index (χ4v) is 0.925. The lowest BCUT2D eigenvalue weighted by molar-refractivity contribution is -0.188. The Kier molecular flexibility index (Phi) is 5.90. The Morgan fingerprint density at radius 3 is 2.77 bits per heavy atom. The molecular weight excluding hydrogens is 197 g/mol. The number of hydrogen-bond acceptors (Lipinski definition) is 4. The van der Waals surface area contributed by atoms with Crippen LogP contribution in [0, 0.1) is 0 Å². The van der Waals surface area contributed by atoms with Gasteiger partial charge in [-0.25, -0.2) is 0 Å².